The van der Waals surface area contributed by atoms with E-state index in [0.717, 1.165) is 12.8 Å². The van der Waals surface area contributed by atoms with Crippen LogP contribution in [-0.2, 0) is 10.2 Å². The Bertz CT molecular complexity index is 580. The van der Waals surface area contributed by atoms with E-state index < -0.39 is 10.2 Å². The number of aliphatic hydroxyl groups excluding tert-OH is 1. The molecule has 0 amide bonds. The number of hydrogen-bond acceptors (Lipinski definition) is 3. The summed E-state index contributed by atoms with van der Waals surface area (Å²) in [6.07, 6.45) is 2.38. The SMILES string of the molecule is O=S(=O)(Nc1ccc(Cl)c(Cl)c1)N1CCCCC1CO. The van der Waals surface area contributed by atoms with Gasteiger partial charge < -0.3 is 5.11 Å². The average Bonchev–Trinajstić information content (AvgIpc) is 2.42. The van der Waals surface area contributed by atoms with Gasteiger partial charge in [-0.05, 0) is 31.0 Å². The maximum Gasteiger partial charge on any atom is 0.301 e. The van der Waals surface area contributed by atoms with E-state index in [9.17, 15) is 13.5 Å². The maximum atomic E-state index is 12.3. The highest BCUT2D eigenvalue weighted by atomic mass is 35.5. The Morgan fingerprint density at radius 2 is 2.05 bits per heavy atom. The van der Waals surface area contributed by atoms with Gasteiger partial charge in [0.25, 0.3) is 0 Å². The zero-order chi connectivity index (χ0) is 14.8. The molecule has 0 bridgehead atoms. The topological polar surface area (TPSA) is 69.6 Å². The number of halogens is 2. The van der Waals surface area contributed by atoms with Gasteiger partial charge in [0.1, 0.15) is 0 Å². The molecular formula is C12H16Cl2N2O3S. The molecule has 1 aliphatic rings. The first-order valence-electron chi connectivity index (χ1n) is 6.29. The van der Waals surface area contributed by atoms with Gasteiger partial charge >= 0.3 is 10.2 Å². The molecule has 0 spiro atoms. The van der Waals surface area contributed by atoms with E-state index in [2.05, 4.69) is 4.72 Å². The molecule has 1 fully saturated rings. The normalized spacial score (nSPS) is 20.9. The zero-order valence-electron chi connectivity index (χ0n) is 10.7. The smallest absolute Gasteiger partial charge is 0.301 e. The van der Waals surface area contributed by atoms with Gasteiger partial charge in [-0.2, -0.15) is 12.7 Å². The highest BCUT2D eigenvalue weighted by Gasteiger charge is 2.31. The third-order valence-corrected chi connectivity index (χ3v) is 5.59. The van der Waals surface area contributed by atoms with Gasteiger partial charge in [-0.15, -0.1) is 0 Å². The second-order valence-corrected chi connectivity index (χ2v) is 7.12. The largest absolute Gasteiger partial charge is 0.395 e. The van der Waals surface area contributed by atoms with E-state index in [1.807, 2.05) is 0 Å². The number of nitrogens with zero attached hydrogens (tertiary/aromatic N) is 1. The minimum Gasteiger partial charge on any atom is -0.395 e. The van der Waals surface area contributed by atoms with E-state index in [1.54, 1.807) is 6.07 Å². The molecule has 0 radical (unpaired) electrons. The molecule has 1 unspecified atom stereocenters. The van der Waals surface area contributed by atoms with Crippen LogP contribution in [0.15, 0.2) is 18.2 Å². The lowest BCUT2D eigenvalue weighted by Gasteiger charge is -2.33. The Labute approximate surface area is 128 Å². The minimum absolute atomic E-state index is 0.178. The van der Waals surface area contributed by atoms with Crippen molar-refractivity contribution in [3.63, 3.8) is 0 Å². The fraction of sp³-hybridized carbons (Fsp3) is 0.500. The first-order chi connectivity index (χ1) is 9.44. The number of benzene rings is 1. The Morgan fingerprint density at radius 1 is 1.30 bits per heavy atom. The van der Waals surface area contributed by atoms with Gasteiger partial charge in [0.2, 0.25) is 0 Å². The van der Waals surface area contributed by atoms with Crippen LogP contribution in [0.1, 0.15) is 19.3 Å². The van der Waals surface area contributed by atoms with E-state index in [4.69, 9.17) is 23.2 Å². The van der Waals surface area contributed by atoms with Gasteiger partial charge in [0.15, 0.2) is 0 Å². The summed E-state index contributed by atoms with van der Waals surface area (Å²) in [6.45, 7) is 0.226. The fourth-order valence-electron chi connectivity index (χ4n) is 2.24. The van der Waals surface area contributed by atoms with Crippen LogP contribution in [0.2, 0.25) is 10.0 Å². The van der Waals surface area contributed by atoms with E-state index in [-0.39, 0.29) is 17.7 Å². The Hall–Kier alpha value is -0.530. The molecule has 5 nitrogen and oxygen atoms in total. The number of anilines is 1. The van der Waals surface area contributed by atoms with E-state index in [0.29, 0.717) is 23.7 Å². The van der Waals surface area contributed by atoms with Crippen LogP contribution in [0.3, 0.4) is 0 Å². The number of rotatable bonds is 4. The average molecular weight is 339 g/mol. The Morgan fingerprint density at radius 3 is 2.70 bits per heavy atom. The van der Waals surface area contributed by atoms with Gasteiger partial charge in [-0.25, -0.2) is 0 Å². The summed E-state index contributed by atoms with van der Waals surface area (Å²) in [5, 5.41) is 9.94. The Kier molecular flexibility index (Phi) is 5.14. The van der Waals surface area contributed by atoms with Crippen LogP contribution >= 0.6 is 23.2 Å². The summed E-state index contributed by atoms with van der Waals surface area (Å²) in [5.74, 6) is 0. The molecule has 1 aromatic carbocycles. The summed E-state index contributed by atoms with van der Waals surface area (Å²) >= 11 is 11.7. The van der Waals surface area contributed by atoms with Crippen molar-refractivity contribution in [2.75, 3.05) is 17.9 Å². The van der Waals surface area contributed by atoms with Crippen LogP contribution in [0.4, 0.5) is 5.69 Å². The third kappa shape index (κ3) is 3.56. The molecule has 1 aromatic rings. The van der Waals surface area contributed by atoms with E-state index >= 15 is 0 Å². The van der Waals surface area contributed by atoms with Crippen molar-refractivity contribution in [2.45, 2.75) is 25.3 Å². The highest BCUT2D eigenvalue weighted by Crippen LogP contribution is 2.27. The molecule has 1 saturated heterocycles. The summed E-state index contributed by atoms with van der Waals surface area (Å²) in [5.41, 5.74) is 0.349. The molecule has 2 rings (SSSR count). The lowest BCUT2D eigenvalue weighted by Crippen LogP contribution is -2.47. The second-order valence-electron chi connectivity index (χ2n) is 4.68. The first-order valence-corrected chi connectivity index (χ1v) is 8.49. The number of aliphatic hydroxyl groups is 1. The van der Waals surface area contributed by atoms with Crippen LogP contribution in [0, 0.1) is 0 Å². The number of nitrogens with one attached hydrogen (secondary N) is 1. The molecule has 20 heavy (non-hydrogen) atoms. The molecule has 0 aliphatic carbocycles. The summed E-state index contributed by atoms with van der Waals surface area (Å²) < 4.78 is 28.5. The quantitative estimate of drug-likeness (QED) is 0.886. The number of piperidine rings is 1. The van der Waals surface area contributed by atoms with Gasteiger partial charge in [0.05, 0.1) is 22.3 Å². The molecular weight excluding hydrogens is 323 g/mol. The summed E-state index contributed by atoms with van der Waals surface area (Å²) in [4.78, 5) is 0. The lowest BCUT2D eigenvalue weighted by atomic mass is 10.1. The lowest BCUT2D eigenvalue weighted by molar-refractivity contribution is 0.156. The summed E-state index contributed by atoms with van der Waals surface area (Å²) in [7, 11) is -3.71. The van der Waals surface area contributed by atoms with Crippen molar-refractivity contribution in [3.05, 3.63) is 28.2 Å². The predicted molar refractivity (Wildman–Crippen MR) is 80.4 cm³/mol. The molecule has 1 aliphatic heterocycles. The van der Waals surface area contributed by atoms with Crippen molar-refractivity contribution in [2.24, 2.45) is 0 Å². The summed E-state index contributed by atoms with van der Waals surface area (Å²) in [6, 6.07) is 4.16. The number of hydrogen-bond donors (Lipinski definition) is 2. The van der Waals surface area contributed by atoms with Crippen LogP contribution in [-0.4, -0.2) is 37.0 Å². The van der Waals surface area contributed by atoms with Gasteiger partial charge in [-0.1, -0.05) is 29.6 Å². The first kappa shape index (κ1) is 15.9. The Balaban J connectivity index is 2.19. The molecule has 1 heterocycles. The van der Waals surface area contributed by atoms with Gasteiger partial charge in [-0.3, -0.25) is 4.72 Å². The van der Waals surface area contributed by atoms with Crippen LogP contribution in [0.5, 0.6) is 0 Å². The van der Waals surface area contributed by atoms with Crippen molar-refractivity contribution in [1.82, 2.24) is 4.31 Å². The van der Waals surface area contributed by atoms with Crippen LogP contribution < -0.4 is 4.72 Å². The maximum absolute atomic E-state index is 12.3. The third-order valence-electron chi connectivity index (χ3n) is 3.26. The molecule has 8 heteroatoms. The highest BCUT2D eigenvalue weighted by molar-refractivity contribution is 7.90. The van der Waals surface area contributed by atoms with Crippen molar-refractivity contribution in [3.8, 4) is 0 Å². The molecule has 0 saturated carbocycles. The fourth-order valence-corrected chi connectivity index (χ4v) is 4.01. The minimum atomic E-state index is -3.71. The van der Waals surface area contributed by atoms with Gasteiger partial charge in [0, 0.05) is 12.6 Å². The second kappa shape index (κ2) is 6.49. The van der Waals surface area contributed by atoms with Crippen LogP contribution in [0.25, 0.3) is 0 Å². The molecule has 0 aromatic heterocycles. The zero-order valence-corrected chi connectivity index (χ0v) is 13.0. The molecule has 1 atom stereocenters. The molecule has 112 valence electrons. The monoisotopic (exact) mass is 338 g/mol. The van der Waals surface area contributed by atoms with Crippen molar-refractivity contribution >= 4 is 39.1 Å². The van der Waals surface area contributed by atoms with Crippen molar-refractivity contribution in [1.29, 1.82) is 0 Å². The predicted octanol–water partition coefficient (Wildman–Crippen LogP) is 2.50. The molecule has 2 N–H and O–H groups in total. The standard InChI is InChI=1S/C12H16Cl2N2O3S/c13-11-5-4-9(7-12(11)14)15-20(18,19)16-6-2-1-3-10(16)8-17/h4-5,7,10,15,17H,1-3,6,8H2. The van der Waals surface area contributed by atoms with Crippen molar-refractivity contribution < 1.29 is 13.5 Å². The van der Waals surface area contributed by atoms with E-state index in [1.165, 1.54) is 16.4 Å².